The number of nitrogens with zero attached hydrogens (tertiary/aromatic N) is 3. The molecule has 0 saturated heterocycles. The molecule has 0 radical (unpaired) electrons. The van der Waals surface area contributed by atoms with Gasteiger partial charge in [-0.3, -0.25) is 4.99 Å². The number of hydrogen-bond donors (Lipinski definition) is 1. The standard InChI is InChI=1S/C20H26N4OS/c1-14-15(2)26-19(23-14)13-22-20(21-3)24-10-8-16(9-11-24)17-6-5-7-18(12-17)25-4/h5-8,12H,9-11,13H2,1-4H3,(H,21,22). The Morgan fingerprint density at radius 1 is 1.38 bits per heavy atom. The number of aryl methyl sites for hydroxylation is 2. The monoisotopic (exact) mass is 370 g/mol. The van der Waals surface area contributed by atoms with Crippen molar-refractivity contribution in [3.8, 4) is 5.75 Å². The van der Waals surface area contributed by atoms with E-state index in [4.69, 9.17) is 4.74 Å². The number of hydrogen-bond acceptors (Lipinski definition) is 4. The van der Waals surface area contributed by atoms with Crippen molar-refractivity contribution >= 4 is 22.9 Å². The highest BCUT2D eigenvalue weighted by Gasteiger charge is 2.17. The quantitative estimate of drug-likeness (QED) is 0.659. The van der Waals surface area contributed by atoms with Crippen molar-refractivity contribution in [1.29, 1.82) is 0 Å². The molecule has 0 saturated carbocycles. The summed E-state index contributed by atoms with van der Waals surface area (Å²) in [5, 5.41) is 4.55. The summed E-state index contributed by atoms with van der Waals surface area (Å²) in [5.74, 6) is 1.83. The molecule has 0 aliphatic carbocycles. The molecule has 0 atom stereocenters. The molecule has 0 amide bonds. The van der Waals surface area contributed by atoms with E-state index < -0.39 is 0 Å². The van der Waals surface area contributed by atoms with Crippen LogP contribution in [0.15, 0.2) is 35.3 Å². The van der Waals surface area contributed by atoms with Crippen LogP contribution in [0.5, 0.6) is 5.75 Å². The van der Waals surface area contributed by atoms with Crippen LogP contribution in [0.2, 0.25) is 0 Å². The molecule has 1 aliphatic heterocycles. The Morgan fingerprint density at radius 2 is 2.23 bits per heavy atom. The van der Waals surface area contributed by atoms with Gasteiger partial charge in [0.25, 0.3) is 0 Å². The summed E-state index contributed by atoms with van der Waals surface area (Å²) in [7, 11) is 3.54. The minimum Gasteiger partial charge on any atom is -0.497 e. The van der Waals surface area contributed by atoms with Gasteiger partial charge in [0.15, 0.2) is 5.96 Å². The highest BCUT2D eigenvalue weighted by Crippen LogP contribution is 2.25. The van der Waals surface area contributed by atoms with E-state index in [0.717, 1.165) is 48.5 Å². The van der Waals surface area contributed by atoms with Crippen LogP contribution in [0.25, 0.3) is 5.57 Å². The maximum Gasteiger partial charge on any atom is 0.194 e. The first-order valence-corrected chi connectivity index (χ1v) is 9.64. The third-order valence-electron chi connectivity index (χ3n) is 4.63. The van der Waals surface area contributed by atoms with E-state index in [9.17, 15) is 0 Å². The zero-order valence-corrected chi connectivity index (χ0v) is 16.7. The Morgan fingerprint density at radius 3 is 2.85 bits per heavy atom. The summed E-state index contributed by atoms with van der Waals surface area (Å²) < 4.78 is 5.33. The van der Waals surface area contributed by atoms with E-state index >= 15 is 0 Å². The predicted molar refractivity (Wildman–Crippen MR) is 109 cm³/mol. The average molecular weight is 371 g/mol. The van der Waals surface area contributed by atoms with Gasteiger partial charge in [-0.15, -0.1) is 11.3 Å². The number of rotatable bonds is 4. The van der Waals surface area contributed by atoms with Crippen molar-refractivity contribution in [1.82, 2.24) is 15.2 Å². The lowest BCUT2D eigenvalue weighted by molar-refractivity contribution is 0.414. The van der Waals surface area contributed by atoms with Gasteiger partial charge in [0, 0.05) is 25.0 Å². The Hall–Kier alpha value is -2.34. The molecule has 0 bridgehead atoms. The molecule has 26 heavy (non-hydrogen) atoms. The minimum atomic E-state index is 0.717. The van der Waals surface area contributed by atoms with E-state index in [-0.39, 0.29) is 0 Å². The molecule has 1 aromatic heterocycles. The lowest BCUT2D eigenvalue weighted by Crippen LogP contribution is -2.43. The van der Waals surface area contributed by atoms with Crippen LogP contribution in [-0.2, 0) is 6.54 Å². The molecule has 2 heterocycles. The predicted octanol–water partition coefficient (Wildman–Crippen LogP) is 3.63. The number of thiazole rings is 1. The van der Waals surface area contributed by atoms with Gasteiger partial charge in [-0.25, -0.2) is 4.98 Å². The van der Waals surface area contributed by atoms with E-state index in [0.29, 0.717) is 0 Å². The average Bonchev–Trinajstić information content (AvgIpc) is 3.00. The maximum atomic E-state index is 5.33. The van der Waals surface area contributed by atoms with Crippen molar-refractivity contribution in [2.24, 2.45) is 4.99 Å². The van der Waals surface area contributed by atoms with Crippen molar-refractivity contribution < 1.29 is 4.74 Å². The Kier molecular flexibility index (Phi) is 5.93. The smallest absolute Gasteiger partial charge is 0.194 e. The van der Waals surface area contributed by atoms with Gasteiger partial charge in [-0.2, -0.15) is 0 Å². The van der Waals surface area contributed by atoms with Crippen LogP contribution in [0.4, 0.5) is 0 Å². The van der Waals surface area contributed by atoms with Gasteiger partial charge in [-0.1, -0.05) is 18.2 Å². The van der Waals surface area contributed by atoms with Crippen LogP contribution in [0, 0.1) is 13.8 Å². The molecule has 0 spiro atoms. The molecule has 2 aromatic rings. The Bertz CT molecular complexity index is 805. The second-order valence-electron chi connectivity index (χ2n) is 6.31. The molecule has 1 aromatic carbocycles. The molecule has 5 nitrogen and oxygen atoms in total. The summed E-state index contributed by atoms with van der Waals surface area (Å²) in [5.41, 5.74) is 3.72. The van der Waals surface area contributed by atoms with Crippen molar-refractivity contribution in [3.63, 3.8) is 0 Å². The minimum absolute atomic E-state index is 0.717. The summed E-state index contributed by atoms with van der Waals surface area (Å²) in [6, 6.07) is 8.26. The number of ether oxygens (including phenoxy) is 1. The molecule has 1 N–H and O–H groups in total. The van der Waals surface area contributed by atoms with Gasteiger partial charge in [0.05, 0.1) is 19.3 Å². The van der Waals surface area contributed by atoms with Crippen LogP contribution in [-0.4, -0.2) is 43.1 Å². The fourth-order valence-electron chi connectivity index (χ4n) is 3.05. The SMILES string of the molecule is CN=C(NCc1nc(C)c(C)s1)N1CC=C(c2cccc(OC)c2)CC1. The first-order valence-electron chi connectivity index (χ1n) is 8.82. The molecule has 138 valence electrons. The summed E-state index contributed by atoms with van der Waals surface area (Å²) in [6.45, 7) is 6.68. The number of aromatic nitrogens is 1. The number of nitrogens with one attached hydrogen (secondary N) is 1. The van der Waals surface area contributed by atoms with Gasteiger partial charge in [-0.05, 0) is 43.5 Å². The number of methoxy groups -OCH3 is 1. The van der Waals surface area contributed by atoms with Crippen molar-refractivity contribution in [2.45, 2.75) is 26.8 Å². The summed E-state index contributed by atoms with van der Waals surface area (Å²) >= 11 is 1.74. The van der Waals surface area contributed by atoms with Gasteiger partial charge in [0.2, 0.25) is 0 Å². The normalized spacial score (nSPS) is 15.0. The third kappa shape index (κ3) is 4.25. The van der Waals surface area contributed by atoms with E-state index in [1.807, 2.05) is 19.2 Å². The third-order valence-corrected chi connectivity index (χ3v) is 5.70. The second kappa shape index (κ2) is 8.36. The van der Waals surface area contributed by atoms with E-state index in [1.165, 1.54) is 16.0 Å². The zero-order chi connectivity index (χ0) is 18.5. The number of guanidine groups is 1. The van der Waals surface area contributed by atoms with Crippen molar-refractivity contribution in [2.75, 3.05) is 27.2 Å². The van der Waals surface area contributed by atoms with Crippen LogP contribution < -0.4 is 10.1 Å². The summed E-state index contributed by atoms with van der Waals surface area (Å²) in [6.07, 6.45) is 3.27. The van der Waals surface area contributed by atoms with Crippen LogP contribution in [0.3, 0.4) is 0 Å². The Balaban J connectivity index is 1.62. The highest BCUT2D eigenvalue weighted by atomic mass is 32.1. The number of benzene rings is 1. The molecular weight excluding hydrogens is 344 g/mol. The molecule has 1 aliphatic rings. The summed E-state index contributed by atoms with van der Waals surface area (Å²) in [4.78, 5) is 12.6. The van der Waals surface area contributed by atoms with Crippen LogP contribution in [0.1, 0.15) is 27.6 Å². The second-order valence-corrected chi connectivity index (χ2v) is 7.60. The zero-order valence-electron chi connectivity index (χ0n) is 15.9. The molecule has 0 unspecified atom stereocenters. The lowest BCUT2D eigenvalue weighted by atomic mass is 9.99. The topological polar surface area (TPSA) is 49.8 Å². The van der Waals surface area contributed by atoms with Crippen LogP contribution >= 0.6 is 11.3 Å². The maximum absolute atomic E-state index is 5.33. The van der Waals surface area contributed by atoms with Crippen molar-refractivity contribution in [3.05, 3.63) is 51.5 Å². The first-order chi connectivity index (χ1) is 12.6. The highest BCUT2D eigenvalue weighted by molar-refractivity contribution is 7.11. The van der Waals surface area contributed by atoms with E-state index in [1.54, 1.807) is 18.4 Å². The fraction of sp³-hybridized carbons (Fsp3) is 0.400. The molecule has 3 rings (SSSR count). The van der Waals surface area contributed by atoms with Gasteiger partial charge in [0.1, 0.15) is 10.8 Å². The molecule has 0 fully saturated rings. The lowest BCUT2D eigenvalue weighted by Gasteiger charge is -2.29. The first kappa shape index (κ1) is 18.5. The molecule has 6 heteroatoms. The largest absolute Gasteiger partial charge is 0.497 e. The number of aliphatic imine (C=N–C) groups is 1. The van der Waals surface area contributed by atoms with E-state index in [2.05, 4.69) is 52.2 Å². The Labute approximate surface area is 159 Å². The fourth-order valence-corrected chi connectivity index (χ4v) is 3.92. The van der Waals surface area contributed by atoms with Gasteiger partial charge >= 0.3 is 0 Å². The van der Waals surface area contributed by atoms with Gasteiger partial charge < -0.3 is 15.0 Å². The molecular formula is C20H26N4OS.